The van der Waals surface area contributed by atoms with Gasteiger partial charge in [-0.25, -0.2) is 9.78 Å². The first-order chi connectivity index (χ1) is 10.1. The molecule has 0 spiro atoms. The minimum atomic E-state index is -0.536. The molecule has 1 aliphatic carbocycles. The van der Waals surface area contributed by atoms with Crippen molar-refractivity contribution in [2.75, 3.05) is 12.3 Å². The SMILES string of the molecule is CCOC(=O)C(=NO[C@H]1CCC[C@@H](C)C1)c1csc(N)n1. The number of nitrogens with two attached hydrogens (primary N) is 1. The molecule has 2 rings (SSSR count). The Kier molecular flexibility index (Phi) is 5.55. The molecule has 6 nitrogen and oxygen atoms in total. The molecule has 0 unspecified atom stereocenters. The molecule has 0 aromatic carbocycles. The summed E-state index contributed by atoms with van der Waals surface area (Å²) in [5, 5.41) is 6.08. The Hall–Kier alpha value is -1.63. The van der Waals surface area contributed by atoms with Crippen molar-refractivity contribution in [3.05, 3.63) is 11.1 Å². The Morgan fingerprint density at radius 3 is 3.00 bits per heavy atom. The van der Waals surface area contributed by atoms with Crippen molar-refractivity contribution in [1.82, 2.24) is 4.98 Å². The second kappa shape index (κ2) is 7.40. The number of anilines is 1. The minimum absolute atomic E-state index is 0.0501. The van der Waals surface area contributed by atoms with Crippen LogP contribution in [0, 0.1) is 5.92 Å². The summed E-state index contributed by atoms with van der Waals surface area (Å²) in [7, 11) is 0. The first-order valence-corrected chi connectivity index (χ1v) is 8.10. The van der Waals surface area contributed by atoms with Gasteiger partial charge >= 0.3 is 5.97 Å². The highest BCUT2D eigenvalue weighted by Crippen LogP contribution is 2.26. The highest BCUT2D eigenvalue weighted by molar-refractivity contribution is 7.13. The molecule has 2 atom stereocenters. The van der Waals surface area contributed by atoms with Crippen LogP contribution in [0.5, 0.6) is 0 Å². The maximum absolute atomic E-state index is 12.0. The van der Waals surface area contributed by atoms with Crippen LogP contribution in [0.3, 0.4) is 0 Å². The number of nitrogens with zero attached hydrogens (tertiary/aromatic N) is 2. The number of nitrogen functional groups attached to an aromatic ring is 1. The molecule has 1 saturated carbocycles. The van der Waals surface area contributed by atoms with Crippen LogP contribution >= 0.6 is 11.3 Å². The van der Waals surface area contributed by atoms with E-state index in [1.807, 2.05) is 0 Å². The molecule has 1 aromatic heterocycles. The third-order valence-electron chi connectivity index (χ3n) is 3.41. The van der Waals surface area contributed by atoms with Gasteiger partial charge in [0.05, 0.1) is 6.61 Å². The maximum Gasteiger partial charge on any atom is 0.362 e. The van der Waals surface area contributed by atoms with E-state index in [-0.39, 0.29) is 18.4 Å². The molecule has 0 radical (unpaired) electrons. The number of carbonyl (C=O) groups is 1. The molecule has 116 valence electrons. The minimum Gasteiger partial charge on any atom is -0.461 e. The van der Waals surface area contributed by atoms with Crippen LogP contribution in [-0.2, 0) is 14.4 Å². The molecule has 1 aromatic rings. The molecule has 21 heavy (non-hydrogen) atoms. The molecule has 0 saturated heterocycles. The Bertz CT molecular complexity index is 515. The van der Waals surface area contributed by atoms with E-state index in [1.54, 1.807) is 12.3 Å². The Balaban J connectivity index is 2.10. The van der Waals surface area contributed by atoms with Crippen molar-refractivity contribution in [1.29, 1.82) is 0 Å². The number of ether oxygens (including phenoxy) is 1. The molecular weight excluding hydrogens is 290 g/mol. The topological polar surface area (TPSA) is 86.8 Å². The van der Waals surface area contributed by atoms with Gasteiger partial charge in [-0.3, -0.25) is 0 Å². The lowest BCUT2D eigenvalue weighted by Crippen LogP contribution is -2.23. The molecule has 2 N–H and O–H groups in total. The molecule has 1 aliphatic rings. The third-order valence-corrected chi connectivity index (χ3v) is 4.09. The summed E-state index contributed by atoms with van der Waals surface area (Å²) in [6.07, 6.45) is 4.31. The van der Waals surface area contributed by atoms with Gasteiger partial charge in [0.1, 0.15) is 11.8 Å². The molecule has 0 bridgehead atoms. The van der Waals surface area contributed by atoms with Gasteiger partial charge in [0, 0.05) is 5.38 Å². The van der Waals surface area contributed by atoms with Crippen molar-refractivity contribution in [2.45, 2.75) is 45.6 Å². The van der Waals surface area contributed by atoms with Gasteiger partial charge in [0.2, 0.25) is 5.71 Å². The van der Waals surface area contributed by atoms with Gasteiger partial charge in [0.15, 0.2) is 5.13 Å². The number of carbonyl (C=O) groups excluding carboxylic acids is 1. The lowest BCUT2D eigenvalue weighted by molar-refractivity contribution is -0.135. The smallest absolute Gasteiger partial charge is 0.362 e. The van der Waals surface area contributed by atoms with Crippen molar-refractivity contribution >= 4 is 28.1 Å². The Labute approximate surface area is 128 Å². The van der Waals surface area contributed by atoms with Gasteiger partial charge < -0.3 is 15.3 Å². The quantitative estimate of drug-likeness (QED) is 0.513. The maximum atomic E-state index is 12.0. The lowest BCUT2D eigenvalue weighted by Gasteiger charge is -2.24. The van der Waals surface area contributed by atoms with Crippen LogP contribution in [0.15, 0.2) is 10.5 Å². The molecule has 1 fully saturated rings. The highest BCUT2D eigenvalue weighted by Gasteiger charge is 2.23. The van der Waals surface area contributed by atoms with Crippen molar-refractivity contribution < 1.29 is 14.4 Å². The van der Waals surface area contributed by atoms with Gasteiger partial charge in [-0.15, -0.1) is 11.3 Å². The van der Waals surface area contributed by atoms with Crippen LogP contribution in [0.1, 0.15) is 45.2 Å². The number of thiazole rings is 1. The summed E-state index contributed by atoms with van der Waals surface area (Å²) in [6, 6.07) is 0. The summed E-state index contributed by atoms with van der Waals surface area (Å²) in [5.74, 6) is 0.0894. The molecular formula is C14H21N3O3S. The average molecular weight is 311 g/mol. The van der Waals surface area contributed by atoms with Crippen molar-refractivity contribution in [3.8, 4) is 0 Å². The summed E-state index contributed by atoms with van der Waals surface area (Å²) in [4.78, 5) is 21.6. The number of esters is 1. The second-order valence-electron chi connectivity index (χ2n) is 5.23. The zero-order chi connectivity index (χ0) is 15.2. The second-order valence-corrected chi connectivity index (χ2v) is 6.12. The molecule has 7 heteroatoms. The largest absolute Gasteiger partial charge is 0.461 e. The van der Waals surface area contributed by atoms with Crippen LogP contribution in [0.2, 0.25) is 0 Å². The fourth-order valence-electron chi connectivity index (χ4n) is 2.39. The predicted octanol–water partition coefficient (Wildman–Crippen LogP) is 2.59. The number of rotatable bonds is 5. The van der Waals surface area contributed by atoms with E-state index in [9.17, 15) is 4.79 Å². The van der Waals surface area contributed by atoms with Gasteiger partial charge in [-0.05, 0) is 32.1 Å². The van der Waals surface area contributed by atoms with Crippen LogP contribution in [0.4, 0.5) is 5.13 Å². The van der Waals surface area contributed by atoms with Crippen molar-refractivity contribution in [3.63, 3.8) is 0 Å². The third kappa shape index (κ3) is 4.42. The summed E-state index contributed by atoms with van der Waals surface area (Å²) < 4.78 is 5.00. The molecule has 1 heterocycles. The number of oxime groups is 1. The zero-order valence-electron chi connectivity index (χ0n) is 12.4. The molecule has 0 amide bonds. The summed E-state index contributed by atoms with van der Waals surface area (Å²) in [5.41, 5.74) is 6.10. The van der Waals surface area contributed by atoms with Gasteiger partial charge in [-0.1, -0.05) is 18.5 Å². The molecule has 0 aliphatic heterocycles. The van der Waals surface area contributed by atoms with E-state index < -0.39 is 5.97 Å². The van der Waals surface area contributed by atoms with E-state index in [2.05, 4.69) is 17.1 Å². The van der Waals surface area contributed by atoms with Gasteiger partial charge in [-0.2, -0.15) is 0 Å². The summed E-state index contributed by atoms with van der Waals surface area (Å²) >= 11 is 1.25. The van der Waals surface area contributed by atoms with E-state index in [0.29, 0.717) is 16.7 Å². The van der Waals surface area contributed by atoms with Crippen LogP contribution in [0.25, 0.3) is 0 Å². The van der Waals surface area contributed by atoms with Crippen LogP contribution in [-0.4, -0.2) is 29.4 Å². The van der Waals surface area contributed by atoms with E-state index in [0.717, 1.165) is 19.3 Å². The number of hydrogen-bond acceptors (Lipinski definition) is 7. The predicted molar refractivity (Wildman–Crippen MR) is 82.2 cm³/mol. The first kappa shape index (κ1) is 15.8. The summed E-state index contributed by atoms with van der Waals surface area (Å²) in [6.45, 7) is 4.22. The monoisotopic (exact) mass is 311 g/mol. The van der Waals surface area contributed by atoms with Crippen LogP contribution < -0.4 is 5.73 Å². The van der Waals surface area contributed by atoms with E-state index >= 15 is 0 Å². The highest BCUT2D eigenvalue weighted by atomic mass is 32.1. The van der Waals surface area contributed by atoms with E-state index in [1.165, 1.54) is 17.8 Å². The fraction of sp³-hybridized carbons (Fsp3) is 0.643. The first-order valence-electron chi connectivity index (χ1n) is 7.22. The standard InChI is InChI=1S/C14H21N3O3S/c1-3-19-13(18)12(11-8-21-14(15)16-11)17-20-10-6-4-5-9(2)7-10/h8-10H,3-7H2,1-2H3,(H2,15,16)/t9-,10+/m1/s1. The lowest BCUT2D eigenvalue weighted by atomic mass is 9.89. The Morgan fingerprint density at radius 2 is 2.38 bits per heavy atom. The Morgan fingerprint density at radius 1 is 1.57 bits per heavy atom. The average Bonchev–Trinajstić information content (AvgIpc) is 2.86. The normalized spacial score (nSPS) is 22.9. The van der Waals surface area contributed by atoms with E-state index in [4.69, 9.17) is 15.3 Å². The fourth-order valence-corrected chi connectivity index (χ4v) is 2.93. The number of hydrogen-bond donors (Lipinski definition) is 1. The van der Waals surface area contributed by atoms with Gasteiger partial charge in [0.25, 0.3) is 0 Å². The number of aromatic nitrogens is 1. The van der Waals surface area contributed by atoms with Crippen molar-refractivity contribution in [2.24, 2.45) is 11.1 Å². The zero-order valence-corrected chi connectivity index (χ0v) is 13.2.